The fourth-order valence-corrected chi connectivity index (χ4v) is 3.11. The summed E-state index contributed by atoms with van der Waals surface area (Å²) in [7, 11) is 0. The van der Waals surface area contributed by atoms with Gasteiger partial charge in [-0.3, -0.25) is 14.3 Å². The lowest BCUT2D eigenvalue weighted by Gasteiger charge is -2.36. The number of ether oxygens (including phenoxy) is 1. The number of rotatable bonds is 3. The van der Waals surface area contributed by atoms with Gasteiger partial charge in [0.2, 0.25) is 0 Å². The molecule has 3 heterocycles. The molecule has 0 bridgehead atoms. The first-order valence-electron chi connectivity index (χ1n) is 8.42. The average Bonchev–Trinajstić information content (AvgIpc) is 3.10. The number of hydrogen-bond donors (Lipinski definition) is 0. The molecule has 3 rings (SSSR count). The Balaban J connectivity index is 1.63. The first-order valence-corrected chi connectivity index (χ1v) is 8.42. The summed E-state index contributed by atoms with van der Waals surface area (Å²) in [5.74, 6) is -0.113. The van der Waals surface area contributed by atoms with Gasteiger partial charge in [0.1, 0.15) is 5.69 Å². The molecule has 0 aromatic carbocycles. The van der Waals surface area contributed by atoms with Crippen LogP contribution in [-0.2, 0) is 16.1 Å². The molecular weight excluding hydrogens is 296 g/mol. The first kappa shape index (κ1) is 16.0. The van der Waals surface area contributed by atoms with Crippen LogP contribution in [-0.4, -0.2) is 70.3 Å². The van der Waals surface area contributed by atoms with Gasteiger partial charge in [-0.25, -0.2) is 0 Å². The molecule has 0 radical (unpaired) electrons. The predicted octanol–water partition coefficient (Wildman–Crippen LogP) is 0.756. The monoisotopic (exact) mass is 320 g/mol. The van der Waals surface area contributed by atoms with E-state index in [4.69, 9.17) is 4.74 Å². The van der Waals surface area contributed by atoms with Crippen molar-refractivity contribution >= 4 is 11.8 Å². The Hall–Kier alpha value is -1.89. The lowest BCUT2D eigenvalue weighted by Crippen LogP contribution is -2.53. The van der Waals surface area contributed by atoms with Crippen LogP contribution in [0.2, 0.25) is 0 Å². The molecular formula is C16H24N4O3. The lowest BCUT2D eigenvalue weighted by atomic mass is 10.1. The van der Waals surface area contributed by atoms with E-state index in [1.807, 2.05) is 11.8 Å². The van der Waals surface area contributed by atoms with Gasteiger partial charge in [-0.15, -0.1) is 0 Å². The molecule has 1 atom stereocenters. The number of aromatic nitrogens is 2. The van der Waals surface area contributed by atoms with Gasteiger partial charge >= 0.3 is 0 Å². The van der Waals surface area contributed by atoms with Crippen molar-refractivity contribution in [2.75, 3.05) is 32.8 Å². The van der Waals surface area contributed by atoms with Crippen molar-refractivity contribution in [1.82, 2.24) is 19.6 Å². The minimum absolute atomic E-state index is 0.0151. The molecule has 7 heteroatoms. The normalized spacial score (nSPS) is 22.2. The highest BCUT2D eigenvalue weighted by atomic mass is 16.5. The Morgan fingerprint density at radius 1 is 1.22 bits per heavy atom. The molecule has 2 fully saturated rings. The van der Waals surface area contributed by atoms with Crippen molar-refractivity contribution in [1.29, 1.82) is 0 Å². The largest absolute Gasteiger partial charge is 0.365 e. The van der Waals surface area contributed by atoms with Gasteiger partial charge < -0.3 is 14.5 Å². The van der Waals surface area contributed by atoms with E-state index in [1.54, 1.807) is 21.8 Å². The van der Waals surface area contributed by atoms with Gasteiger partial charge in [0.15, 0.2) is 6.10 Å². The number of carbonyl (C=O) groups is 2. The van der Waals surface area contributed by atoms with Crippen molar-refractivity contribution < 1.29 is 14.3 Å². The van der Waals surface area contributed by atoms with E-state index >= 15 is 0 Å². The van der Waals surface area contributed by atoms with Gasteiger partial charge in [-0.1, -0.05) is 0 Å². The molecule has 2 aliphatic heterocycles. The Labute approximate surface area is 136 Å². The van der Waals surface area contributed by atoms with E-state index in [2.05, 4.69) is 5.10 Å². The van der Waals surface area contributed by atoms with E-state index in [1.165, 1.54) is 6.42 Å². The maximum absolute atomic E-state index is 12.6. The van der Waals surface area contributed by atoms with Gasteiger partial charge in [-0.2, -0.15) is 5.10 Å². The quantitative estimate of drug-likeness (QED) is 0.824. The highest BCUT2D eigenvalue weighted by Gasteiger charge is 2.33. The Bertz CT molecular complexity index is 565. The van der Waals surface area contributed by atoms with E-state index in [0.717, 1.165) is 32.5 Å². The highest BCUT2D eigenvalue weighted by Crippen LogP contribution is 2.15. The molecule has 0 N–H and O–H groups in total. The Morgan fingerprint density at radius 2 is 2.00 bits per heavy atom. The number of nitrogens with zero attached hydrogens (tertiary/aromatic N) is 4. The van der Waals surface area contributed by atoms with Crippen molar-refractivity contribution in [3.05, 3.63) is 18.0 Å². The summed E-state index contributed by atoms with van der Waals surface area (Å²) in [4.78, 5) is 28.6. The molecule has 0 saturated carbocycles. The van der Waals surface area contributed by atoms with Crippen LogP contribution in [0.4, 0.5) is 0 Å². The van der Waals surface area contributed by atoms with Crippen LogP contribution in [0.15, 0.2) is 12.3 Å². The third kappa shape index (κ3) is 3.55. The van der Waals surface area contributed by atoms with Crippen LogP contribution < -0.4 is 0 Å². The van der Waals surface area contributed by atoms with Crippen LogP contribution in [0.5, 0.6) is 0 Å². The van der Waals surface area contributed by atoms with Crippen LogP contribution in [0.25, 0.3) is 0 Å². The molecule has 2 amide bonds. The average molecular weight is 320 g/mol. The topological polar surface area (TPSA) is 67.7 Å². The number of hydrogen-bond acceptors (Lipinski definition) is 4. The van der Waals surface area contributed by atoms with Crippen LogP contribution in [0, 0.1) is 0 Å². The highest BCUT2D eigenvalue weighted by molar-refractivity contribution is 5.93. The number of morpholine rings is 1. The summed E-state index contributed by atoms with van der Waals surface area (Å²) in [6.07, 6.45) is 4.54. The SMILES string of the molecule is CCn1ccc(C(=O)N2CCOC(C(=O)N3CCCCC3)C2)n1. The predicted molar refractivity (Wildman–Crippen MR) is 84.0 cm³/mol. The number of carbonyl (C=O) groups excluding carboxylic acids is 2. The van der Waals surface area contributed by atoms with Gasteiger partial charge in [-0.05, 0) is 32.3 Å². The standard InChI is InChI=1S/C16H24N4O3/c1-2-20-9-6-13(17-20)15(21)19-10-11-23-14(12-19)16(22)18-7-4-3-5-8-18/h6,9,14H,2-5,7-8,10-12H2,1H3. The van der Waals surface area contributed by atoms with Gasteiger partial charge in [0, 0.05) is 32.4 Å². The molecule has 1 aromatic heterocycles. The number of amides is 2. The molecule has 7 nitrogen and oxygen atoms in total. The summed E-state index contributed by atoms with van der Waals surface area (Å²) < 4.78 is 7.35. The molecule has 0 aliphatic carbocycles. The van der Waals surface area contributed by atoms with Gasteiger partial charge in [0.05, 0.1) is 13.2 Å². The summed E-state index contributed by atoms with van der Waals surface area (Å²) in [6.45, 7) is 5.51. The maximum atomic E-state index is 12.6. The van der Waals surface area contributed by atoms with E-state index in [9.17, 15) is 9.59 Å². The first-order chi connectivity index (χ1) is 11.2. The molecule has 126 valence electrons. The second-order valence-corrected chi connectivity index (χ2v) is 6.05. The lowest BCUT2D eigenvalue weighted by molar-refractivity contribution is -0.149. The van der Waals surface area contributed by atoms with E-state index < -0.39 is 6.10 Å². The van der Waals surface area contributed by atoms with E-state index in [-0.39, 0.29) is 11.8 Å². The van der Waals surface area contributed by atoms with Gasteiger partial charge in [0.25, 0.3) is 11.8 Å². The van der Waals surface area contributed by atoms with Crippen molar-refractivity contribution in [2.24, 2.45) is 0 Å². The van der Waals surface area contributed by atoms with E-state index in [0.29, 0.717) is 25.4 Å². The molecule has 1 unspecified atom stereocenters. The smallest absolute Gasteiger partial charge is 0.274 e. The number of likely N-dealkylation sites (tertiary alicyclic amines) is 1. The fourth-order valence-electron chi connectivity index (χ4n) is 3.11. The molecule has 2 aliphatic rings. The summed E-state index contributed by atoms with van der Waals surface area (Å²) >= 11 is 0. The zero-order valence-electron chi connectivity index (χ0n) is 13.6. The fraction of sp³-hybridized carbons (Fsp3) is 0.688. The zero-order valence-corrected chi connectivity index (χ0v) is 13.6. The minimum Gasteiger partial charge on any atom is -0.365 e. The Morgan fingerprint density at radius 3 is 2.70 bits per heavy atom. The molecule has 23 heavy (non-hydrogen) atoms. The molecule has 1 aromatic rings. The molecule has 0 spiro atoms. The van der Waals surface area contributed by atoms with Crippen LogP contribution in [0.1, 0.15) is 36.7 Å². The summed E-state index contributed by atoms with van der Waals surface area (Å²) in [6, 6.07) is 1.72. The van der Waals surface area contributed by atoms with Crippen molar-refractivity contribution in [3.63, 3.8) is 0 Å². The second-order valence-electron chi connectivity index (χ2n) is 6.05. The van der Waals surface area contributed by atoms with Crippen LogP contribution in [0.3, 0.4) is 0 Å². The van der Waals surface area contributed by atoms with Crippen molar-refractivity contribution in [2.45, 2.75) is 38.8 Å². The minimum atomic E-state index is -0.543. The second kappa shape index (κ2) is 7.12. The zero-order chi connectivity index (χ0) is 16.2. The van der Waals surface area contributed by atoms with Crippen molar-refractivity contribution in [3.8, 4) is 0 Å². The van der Waals surface area contributed by atoms with Crippen LogP contribution >= 0.6 is 0 Å². The third-order valence-corrected chi connectivity index (χ3v) is 4.48. The molecule has 2 saturated heterocycles. The number of piperidine rings is 1. The third-order valence-electron chi connectivity index (χ3n) is 4.48. The maximum Gasteiger partial charge on any atom is 0.274 e. The summed E-state index contributed by atoms with van der Waals surface area (Å²) in [5.41, 5.74) is 0.429. The number of aryl methyl sites for hydroxylation is 1. The summed E-state index contributed by atoms with van der Waals surface area (Å²) in [5, 5.41) is 4.25. The Kier molecular flexibility index (Phi) is 4.95.